The van der Waals surface area contributed by atoms with Crippen LogP contribution in [0.2, 0.25) is 0 Å². The molecule has 3 aliphatic rings. The van der Waals surface area contributed by atoms with E-state index in [1.54, 1.807) is 12.2 Å². The number of esters is 2. The number of benzene rings is 4. The number of nitrogens with one attached hydrogen (secondary N) is 2. The second kappa shape index (κ2) is 26.8. The molecule has 9 rings (SSSR count). The Morgan fingerprint density at radius 2 is 1.36 bits per heavy atom. The van der Waals surface area contributed by atoms with Gasteiger partial charge in [0.05, 0.1) is 49.4 Å². The topological polar surface area (TPSA) is 240 Å². The molecule has 0 saturated carbocycles. The van der Waals surface area contributed by atoms with Crippen LogP contribution in [0.4, 0.5) is 9.59 Å². The number of hydrogen-bond acceptors (Lipinski definition) is 16. The van der Waals surface area contributed by atoms with Gasteiger partial charge in [0.1, 0.15) is 61.0 Å². The molecule has 0 radical (unpaired) electrons. The van der Waals surface area contributed by atoms with Gasteiger partial charge in [-0.25, -0.2) is 39.1 Å². The van der Waals surface area contributed by atoms with E-state index in [0.29, 0.717) is 39.3 Å². The third-order valence-corrected chi connectivity index (χ3v) is 15.4. The molecule has 20 nitrogen and oxygen atoms in total. The van der Waals surface area contributed by atoms with Crippen LogP contribution >= 0.6 is 0 Å². The minimum Gasteiger partial charge on any atom is -0.471 e. The molecular weight excluding hydrogens is 1120 g/mol. The highest BCUT2D eigenvalue weighted by Gasteiger charge is 2.49. The lowest BCUT2D eigenvalue weighted by molar-refractivity contribution is -0.152. The molecule has 5 heterocycles. The average Bonchev–Trinajstić information content (AvgIpc) is 1.93. The van der Waals surface area contributed by atoms with Crippen molar-refractivity contribution in [3.05, 3.63) is 133 Å². The van der Waals surface area contributed by atoms with Crippen molar-refractivity contribution in [1.29, 1.82) is 0 Å². The highest BCUT2D eigenvalue weighted by molar-refractivity contribution is 5.92. The monoisotopic (exact) mass is 1200 g/mol. The molecule has 6 aromatic rings. The molecule has 2 aromatic heterocycles. The minimum atomic E-state index is -1.000. The van der Waals surface area contributed by atoms with Crippen molar-refractivity contribution in [3.63, 3.8) is 0 Å². The van der Waals surface area contributed by atoms with E-state index in [-0.39, 0.29) is 45.0 Å². The zero-order valence-corrected chi connectivity index (χ0v) is 52.3. The Morgan fingerprint density at radius 3 is 1.98 bits per heavy atom. The lowest BCUT2D eigenvalue weighted by Gasteiger charge is -2.35. The summed E-state index contributed by atoms with van der Waals surface area (Å²) in [6.07, 6.45) is 5.08. The quantitative estimate of drug-likeness (QED) is 0.0696. The fourth-order valence-electron chi connectivity index (χ4n) is 10.3. The van der Waals surface area contributed by atoms with Gasteiger partial charge >= 0.3 is 24.1 Å². The Hall–Kier alpha value is -9.20. The zero-order chi connectivity index (χ0) is 63.9. The highest BCUT2D eigenvalue weighted by atomic mass is 16.6. The van der Waals surface area contributed by atoms with Crippen molar-refractivity contribution in [3.8, 4) is 34.3 Å². The standard InChI is InChI=1S/C35H42N4O6.C33H38N4O6/c1-9-22-14-13-15-23(18-22)28-30(37-26-17-12-11-16-25(26)36-28)45-24-19-27(32(41)43-8)39(20-24)31(40)29(34(3,4)5)38-33(42)44-21-35(6,7)10-2;1-32(2,3)27-29(38)37-18-22(17-25(37)30(39)41-6)43-28-26(34-23-12-7-8-13-24(23)35-28)21-11-9-10-20(16-21)14-15-33(4,5)19-42-31(40)36-27/h9-18,24,27,29H,1-2,19-21H2,3-8H3,(H,38,42);7-16,22,25,27H,17-19H2,1-6H3,(H,36,40)/b;15-14+/t24-,27+,29-;22-,25+,27-/m11/s1. The van der Waals surface area contributed by atoms with E-state index in [1.807, 2.05) is 178 Å². The minimum absolute atomic E-state index is 0.0616. The predicted molar refractivity (Wildman–Crippen MR) is 335 cm³/mol. The van der Waals surface area contributed by atoms with Crippen molar-refractivity contribution < 1.29 is 57.2 Å². The summed E-state index contributed by atoms with van der Waals surface area (Å²) in [6.45, 7) is 26.6. The SMILES string of the molecule is C=Cc1cccc(-c2nc3ccccc3nc2O[C@@H]2C[C@@H](C(=O)OC)N(C(=O)[C@@H](NC(=O)OCC(C)(C)C=C)C(C)(C)C)C2)c1.COC(=O)[C@@H]1C[C@@H]2CN1C(=O)[C@H](C(C)(C)C)NC(=O)OCC(C)(C)/C=C/c1cccc(c1)-c1nc3ccccc3nc1O2. The second-order valence-corrected chi connectivity index (χ2v) is 25.8. The first-order valence-electron chi connectivity index (χ1n) is 29.3. The van der Waals surface area contributed by atoms with Crippen molar-refractivity contribution >= 4 is 70.2 Å². The lowest BCUT2D eigenvalue weighted by Crippen LogP contribution is -2.57. The van der Waals surface area contributed by atoms with E-state index in [0.717, 1.165) is 22.3 Å². The van der Waals surface area contributed by atoms with Gasteiger partial charge in [0.15, 0.2) is 0 Å². The zero-order valence-electron chi connectivity index (χ0n) is 52.3. The van der Waals surface area contributed by atoms with Crippen LogP contribution in [-0.4, -0.2) is 143 Å². The fraction of sp³-hybridized carbons (Fsp3) is 0.412. The number of hydrogen-bond donors (Lipinski definition) is 2. The molecule has 6 atom stereocenters. The summed E-state index contributed by atoms with van der Waals surface area (Å²) >= 11 is 0. The van der Waals surface area contributed by atoms with Crippen LogP contribution in [0.15, 0.2) is 122 Å². The van der Waals surface area contributed by atoms with Gasteiger partial charge in [0.25, 0.3) is 0 Å². The fourth-order valence-corrected chi connectivity index (χ4v) is 10.3. The summed E-state index contributed by atoms with van der Waals surface area (Å²) in [5.41, 5.74) is 4.86. The Morgan fingerprint density at radius 1 is 0.761 bits per heavy atom. The smallest absolute Gasteiger partial charge is 0.407 e. The number of likely N-dealkylation sites (tertiary alicyclic amines) is 1. The Labute approximate surface area is 514 Å². The van der Waals surface area contributed by atoms with Crippen LogP contribution in [-0.2, 0) is 38.1 Å². The molecule has 0 aliphatic carbocycles. The van der Waals surface area contributed by atoms with E-state index in [4.69, 9.17) is 48.4 Å². The third-order valence-electron chi connectivity index (χ3n) is 15.4. The van der Waals surface area contributed by atoms with Gasteiger partial charge < -0.3 is 48.9 Å². The number of amides is 4. The summed E-state index contributed by atoms with van der Waals surface area (Å²) in [5.74, 6) is -1.45. The van der Waals surface area contributed by atoms with Crippen molar-refractivity contribution in [2.24, 2.45) is 21.7 Å². The van der Waals surface area contributed by atoms with E-state index in [9.17, 15) is 28.8 Å². The number of methoxy groups -OCH3 is 2. The van der Waals surface area contributed by atoms with Crippen molar-refractivity contribution in [2.45, 2.75) is 118 Å². The molecule has 4 bridgehead atoms. The summed E-state index contributed by atoms with van der Waals surface area (Å²) in [4.78, 5) is 102. The Balaban J connectivity index is 0.000000228. The number of fused-ring (bicyclic) bond motifs is 8. The van der Waals surface area contributed by atoms with Crippen LogP contribution in [0, 0.1) is 21.7 Å². The van der Waals surface area contributed by atoms with Crippen LogP contribution in [0.3, 0.4) is 0 Å². The molecule has 0 spiro atoms. The normalized spacial score (nSPS) is 20.2. The molecule has 4 amide bonds. The molecule has 2 N–H and O–H groups in total. The summed E-state index contributed by atoms with van der Waals surface area (Å²) in [7, 11) is 2.56. The number of ether oxygens (including phenoxy) is 6. The molecule has 20 heteroatoms. The van der Waals surface area contributed by atoms with Gasteiger partial charge in [-0.1, -0.05) is 161 Å². The Kier molecular flexibility index (Phi) is 19.7. The average molecular weight is 1200 g/mol. The van der Waals surface area contributed by atoms with Gasteiger partial charge in [-0.05, 0) is 58.4 Å². The van der Waals surface area contributed by atoms with Gasteiger partial charge in [-0.15, -0.1) is 6.58 Å². The van der Waals surface area contributed by atoms with Gasteiger partial charge in [-0.2, -0.15) is 0 Å². The van der Waals surface area contributed by atoms with Gasteiger partial charge in [0, 0.05) is 34.8 Å². The van der Waals surface area contributed by atoms with Crippen LogP contribution in [0.1, 0.15) is 93.2 Å². The van der Waals surface area contributed by atoms with Crippen LogP contribution in [0.25, 0.3) is 56.7 Å². The number of para-hydroxylation sites is 4. The third kappa shape index (κ3) is 15.7. The van der Waals surface area contributed by atoms with E-state index in [2.05, 4.69) is 23.8 Å². The highest BCUT2D eigenvalue weighted by Crippen LogP contribution is 2.37. The first kappa shape index (κ1) is 64.8. The van der Waals surface area contributed by atoms with Crippen LogP contribution < -0.4 is 20.1 Å². The lowest BCUT2D eigenvalue weighted by atomic mass is 9.85. The number of carbonyl (C=O) groups is 6. The second-order valence-electron chi connectivity index (χ2n) is 25.8. The number of rotatable bonds is 11. The number of alkyl carbamates (subject to hydrolysis) is 2. The predicted octanol–water partition coefficient (Wildman–Crippen LogP) is 10.8. The Bertz CT molecular complexity index is 3640. The molecular formula is C68H80N8O12. The summed E-state index contributed by atoms with van der Waals surface area (Å²) in [6, 6.07) is 26.7. The maximum atomic E-state index is 14.1. The first-order valence-corrected chi connectivity index (χ1v) is 29.3. The largest absolute Gasteiger partial charge is 0.471 e. The maximum absolute atomic E-state index is 14.1. The number of carbonyl (C=O) groups excluding carboxylic acids is 6. The van der Waals surface area contributed by atoms with Gasteiger partial charge in [-0.3, -0.25) is 9.59 Å². The number of cyclic esters (lactones) is 1. The molecule has 2 fully saturated rings. The maximum Gasteiger partial charge on any atom is 0.407 e. The van der Waals surface area contributed by atoms with E-state index >= 15 is 0 Å². The van der Waals surface area contributed by atoms with Crippen molar-refractivity contribution in [2.75, 3.05) is 40.5 Å². The molecule has 2 saturated heterocycles. The van der Waals surface area contributed by atoms with Crippen LogP contribution in [0.5, 0.6) is 11.8 Å². The number of aromatic nitrogens is 4. The molecule has 4 aromatic carbocycles. The first-order chi connectivity index (χ1) is 41.6. The van der Waals surface area contributed by atoms with E-state index < -0.39 is 94.0 Å². The molecule has 464 valence electrons. The van der Waals surface area contributed by atoms with Gasteiger partial charge in [0.2, 0.25) is 23.6 Å². The summed E-state index contributed by atoms with van der Waals surface area (Å²) in [5, 5.41) is 5.48. The summed E-state index contributed by atoms with van der Waals surface area (Å²) < 4.78 is 34.1. The molecule has 0 unspecified atom stereocenters. The molecule has 3 aliphatic heterocycles. The number of nitrogens with zero attached hydrogens (tertiary/aromatic N) is 6. The van der Waals surface area contributed by atoms with E-state index in [1.165, 1.54) is 24.0 Å². The van der Waals surface area contributed by atoms with Crippen molar-refractivity contribution in [1.82, 2.24) is 40.4 Å². The molecule has 88 heavy (non-hydrogen) atoms.